The summed E-state index contributed by atoms with van der Waals surface area (Å²) in [4.78, 5) is 0. The van der Waals surface area contributed by atoms with Crippen LogP contribution >= 0.6 is 27.5 Å². The van der Waals surface area contributed by atoms with E-state index < -0.39 is 0 Å². The van der Waals surface area contributed by atoms with Crippen LogP contribution in [0.5, 0.6) is 5.75 Å². The van der Waals surface area contributed by atoms with Crippen molar-refractivity contribution in [3.05, 3.63) is 50.8 Å². The summed E-state index contributed by atoms with van der Waals surface area (Å²) in [6.07, 6.45) is 1.71. The number of hydrogen-bond donors (Lipinski definition) is 1. The Labute approximate surface area is 131 Å². The van der Waals surface area contributed by atoms with Gasteiger partial charge in [-0.2, -0.15) is 0 Å². The summed E-state index contributed by atoms with van der Waals surface area (Å²) in [5.74, 6) is 1.88. The third kappa shape index (κ3) is 2.73. The summed E-state index contributed by atoms with van der Waals surface area (Å²) < 4.78 is 12.1. The van der Waals surface area contributed by atoms with Crippen LogP contribution in [0.4, 0.5) is 0 Å². The average molecular weight is 357 g/mol. The van der Waals surface area contributed by atoms with E-state index in [0.29, 0.717) is 0 Å². The molecule has 106 valence electrons. The number of nitrogens with one attached hydrogen (secondary N) is 1. The average Bonchev–Trinajstić information content (AvgIpc) is 3.04. The predicted molar refractivity (Wildman–Crippen MR) is 82.6 cm³/mol. The van der Waals surface area contributed by atoms with Crippen LogP contribution in [0.25, 0.3) is 0 Å². The highest BCUT2D eigenvalue weighted by Gasteiger charge is 2.21. The first-order valence-corrected chi connectivity index (χ1v) is 7.71. The van der Waals surface area contributed by atoms with Crippen LogP contribution < -0.4 is 10.1 Å². The fourth-order valence-electron chi connectivity index (χ4n) is 2.58. The monoisotopic (exact) mass is 355 g/mol. The van der Waals surface area contributed by atoms with E-state index in [9.17, 15) is 0 Å². The number of fused-ring (bicyclic) bond motifs is 1. The normalized spacial score (nSPS) is 14.9. The van der Waals surface area contributed by atoms with Crippen LogP contribution in [0.3, 0.4) is 0 Å². The summed E-state index contributed by atoms with van der Waals surface area (Å²) in [6.45, 7) is 0.735. The van der Waals surface area contributed by atoms with Gasteiger partial charge in [0.25, 0.3) is 0 Å². The van der Waals surface area contributed by atoms with E-state index >= 15 is 0 Å². The van der Waals surface area contributed by atoms with Gasteiger partial charge in [0.1, 0.15) is 11.5 Å². The molecule has 1 aliphatic heterocycles. The lowest BCUT2D eigenvalue weighted by atomic mass is 10.0. The number of furan rings is 1. The third-order valence-electron chi connectivity index (χ3n) is 3.54. The van der Waals surface area contributed by atoms with Crippen molar-refractivity contribution in [2.45, 2.75) is 18.9 Å². The standard InChI is InChI=1S/C15H15BrClNO2/c1-18-12(13-2-3-14(16)20-13)8-10-7-11(17)6-9-4-5-19-15(9)10/h2-3,6-7,12,18H,4-5,8H2,1H3. The fraction of sp³-hybridized carbons (Fsp3) is 0.333. The van der Waals surface area contributed by atoms with Gasteiger partial charge in [0, 0.05) is 11.4 Å². The van der Waals surface area contributed by atoms with Crippen molar-refractivity contribution in [2.24, 2.45) is 0 Å². The van der Waals surface area contributed by atoms with E-state index in [1.165, 1.54) is 5.56 Å². The molecular formula is C15H15BrClNO2. The molecule has 0 saturated carbocycles. The lowest BCUT2D eigenvalue weighted by Gasteiger charge is -2.16. The minimum Gasteiger partial charge on any atom is -0.493 e. The van der Waals surface area contributed by atoms with Crippen molar-refractivity contribution in [1.29, 1.82) is 0 Å². The van der Waals surface area contributed by atoms with Gasteiger partial charge in [-0.05, 0) is 64.8 Å². The first kappa shape index (κ1) is 14.0. The lowest BCUT2D eigenvalue weighted by Crippen LogP contribution is -2.18. The SMILES string of the molecule is CNC(Cc1cc(Cl)cc2c1OCC2)c1ccc(Br)o1. The minimum absolute atomic E-state index is 0.0908. The first-order valence-electron chi connectivity index (χ1n) is 6.54. The van der Waals surface area contributed by atoms with E-state index in [1.54, 1.807) is 0 Å². The number of benzene rings is 1. The Hall–Kier alpha value is -0.970. The van der Waals surface area contributed by atoms with E-state index in [2.05, 4.69) is 21.2 Å². The first-order chi connectivity index (χ1) is 9.67. The maximum Gasteiger partial charge on any atom is 0.169 e. The Morgan fingerprint density at radius 2 is 2.25 bits per heavy atom. The maximum atomic E-state index is 6.20. The van der Waals surface area contributed by atoms with Crippen molar-refractivity contribution in [2.75, 3.05) is 13.7 Å². The zero-order valence-electron chi connectivity index (χ0n) is 11.1. The van der Waals surface area contributed by atoms with E-state index in [1.807, 2.05) is 31.3 Å². The smallest absolute Gasteiger partial charge is 0.169 e. The number of rotatable bonds is 4. The summed E-state index contributed by atoms with van der Waals surface area (Å²) in [6, 6.07) is 7.93. The van der Waals surface area contributed by atoms with Gasteiger partial charge in [0.2, 0.25) is 0 Å². The summed E-state index contributed by atoms with van der Waals surface area (Å²) in [5.41, 5.74) is 2.32. The molecule has 1 unspecified atom stereocenters. The van der Waals surface area contributed by atoms with E-state index in [4.69, 9.17) is 20.8 Å². The zero-order chi connectivity index (χ0) is 14.1. The molecular weight excluding hydrogens is 342 g/mol. The van der Waals surface area contributed by atoms with Gasteiger partial charge in [-0.3, -0.25) is 0 Å². The Balaban J connectivity index is 1.90. The number of ether oxygens (including phenoxy) is 1. The van der Waals surface area contributed by atoms with Crippen LogP contribution in [0, 0.1) is 0 Å². The van der Waals surface area contributed by atoms with Gasteiger partial charge in [-0.15, -0.1) is 0 Å². The molecule has 1 aromatic heterocycles. The topological polar surface area (TPSA) is 34.4 Å². The molecule has 2 aromatic rings. The second-order valence-electron chi connectivity index (χ2n) is 4.84. The van der Waals surface area contributed by atoms with Gasteiger partial charge in [0.05, 0.1) is 12.6 Å². The van der Waals surface area contributed by atoms with Gasteiger partial charge >= 0.3 is 0 Å². The fourth-order valence-corrected chi connectivity index (χ4v) is 3.16. The number of halogens is 2. The molecule has 3 rings (SSSR count). The maximum absolute atomic E-state index is 6.20. The highest BCUT2D eigenvalue weighted by Crippen LogP contribution is 2.35. The third-order valence-corrected chi connectivity index (χ3v) is 4.18. The lowest BCUT2D eigenvalue weighted by molar-refractivity contribution is 0.349. The predicted octanol–water partition coefficient (Wildman–Crippen LogP) is 4.13. The van der Waals surface area contributed by atoms with Crippen LogP contribution in [0.1, 0.15) is 22.9 Å². The highest BCUT2D eigenvalue weighted by molar-refractivity contribution is 9.10. The molecule has 0 amide bonds. The van der Waals surface area contributed by atoms with Crippen molar-refractivity contribution in [3.8, 4) is 5.75 Å². The zero-order valence-corrected chi connectivity index (χ0v) is 13.4. The molecule has 0 saturated heterocycles. The number of likely N-dealkylation sites (N-methyl/N-ethyl adjacent to an activating group) is 1. The van der Waals surface area contributed by atoms with Crippen molar-refractivity contribution < 1.29 is 9.15 Å². The summed E-state index contributed by atoms with van der Waals surface area (Å²) in [7, 11) is 1.92. The van der Waals surface area contributed by atoms with Gasteiger partial charge in [0.15, 0.2) is 4.67 Å². The summed E-state index contributed by atoms with van der Waals surface area (Å²) >= 11 is 9.53. The quantitative estimate of drug-likeness (QED) is 0.894. The Bertz CT molecular complexity index is 626. The Morgan fingerprint density at radius 1 is 1.40 bits per heavy atom. The van der Waals surface area contributed by atoms with Gasteiger partial charge < -0.3 is 14.5 Å². The molecule has 0 radical (unpaired) electrons. The van der Waals surface area contributed by atoms with Crippen LogP contribution in [0.2, 0.25) is 5.02 Å². The Kier molecular flexibility index (Phi) is 4.06. The molecule has 5 heteroatoms. The molecule has 0 spiro atoms. The van der Waals surface area contributed by atoms with Crippen LogP contribution in [-0.4, -0.2) is 13.7 Å². The second-order valence-corrected chi connectivity index (χ2v) is 6.06. The molecule has 1 N–H and O–H groups in total. The van der Waals surface area contributed by atoms with Crippen LogP contribution in [0.15, 0.2) is 33.4 Å². The molecule has 0 bridgehead atoms. The largest absolute Gasteiger partial charge is 0.493 e. The molecule has 1 aliphatic rings. The minimum atomic E-state index is 0.0908. The second kappa shape index (κ2) is 5.80. The highest BCUT2D eigenvalue weighted by atomic mass is 79.9. The Morgan fingerprint density at radius 3 is 2.95 bits per heavy atom. The van der Waals surface area contributed by atoms with Gasteiger partial charge in [-0.25, -0.2) is 0 Å². The summed E-state index contributed by atoms with van der Waals surface area (Å²) in [5, 5.41) is 4.04. The van der Waals surface area contributed by atoms with Gasteiger partial charge in [-0.1, -0.05) is 11.6 Å². The van der Waals surface area contributed by atoms with Crippen molar-refractivity contribution >= 4 is 27.5 Å². The van der Waals surface area contributed by atoms with Crippen LogP contribution in [-0.2, 0) is 12.8 Å². The van der Waals surface area contributed by atoms with E-state index in [-0.39, 0.29) is 6.04 Å². The molecule has 0 aliphatic carbocycles. The molecule has 1 atom stereocenters. The van der Waals surface area contributed by atoms with E-state index in [0.717, 1.165) is 46.2 Å². The molecule has 2 heterocycles. The molecule has 0 fully saturated rings. The number of hydrogen-bond acceptors (Lipinski definition) is 3. The van der Waals surface area contributed by atoms with Crippen molar-refractivity contribution in [3.63, 3.8) is 0 Å². The molecule has 3 nitrogen and oxygen atoms in total. The molecule has 1 aromatic carbocycles. The molecule has 20 heavy (non-hydrogen) atoms. The van der Waals surface area contributed by atoms with Crippen molar-refractivity contribution in [1.82, 2.24) is 5.32 Å².